The predicted molar refractivity (Wildman–Crippen MR) is 81.5 cm³/mol. The lowest BCUT2D eigenvalue weighted by molar-refractivity contribution is -0.159. The molecule has 0 aliphatic heterocycles. The van der Waals surface area contributed by atoms with Gasteiger partial charge in [-0.25, -0.2) is 9.59 Å². The first kappa shape index (κ1) is 19.7. The van der Waals surface area contributed by atoms with E-state index in [4.69, 9.17) is 35.0 Å². The molecule has 124 valence electrons. The Labute approximate surface area is 129 Å². The summed E-state index contributed by atoms with van der Waals surface area (Å²) < 4.78 is 10.5. The second-order valence-corrected chi connectivity index (χ2v) is 4.81. The minimum atomic E-state index is -1.82. The molecule has 7 heteroatoms. The van der Waals surface area contributed by atoms with Crippen LogP contribution in [0.3, 0.4) is 0 Å². The zero-order valence-electron chi connectivity index (χ0n) is 13.2. The van der Waals surface area contributed by atoms with Crippen LogP contribution >= 0.6 is 0 Å². The highest BCUT2D eigenvalue weighted by Crippen LogP contribution is 2.32. The fourth-order valence-electron chi connectivity index (χ4n) is 1.88. The second kappa shape index (κ2) is 9.62. The molecule has 4 N–H and O–H groups in total. The van der Waals surface area contributed by atoms with Crippen molar-refractivity contribution in [2.45, 2.75) is 19.8 Å². The summed E-state index contributed by atoms with van der Waals surface area (Å²) in [5.41, 5.74) is 7.00. The van der Waals surface area contributed by atoms with Crippen molar-refractivity contribution in [1.29, 1.82) is 0 Å². The molecular formula is C15H23NO6. The van der Waals surface area contributed by atoms with Gasteiger partial charge in [-0.1, -0.05) is 19.9 Å². The summed E-state index contributed by atoms with van der Waals surface area (Å²) in [4.78, 5) is 18.2. The molecule has 1 atom stereocenters. The molecule has 0 saturated heterocycles. The van der Waals surface area contributed by atoms with Crippen molar-refractivity contribution in [2.75, 3.05) is 20.8 Å². The van der Waals surface area contributed by atoms with Crippen molar-refractivity contribution in [2.24, 2.45) is 11.7 Å². The zero-order valence-corrected chi connectivity index (χ0v) is 13.2. The minimum absolute atomic E-state index is 0.361. The van der Waals surface area contributed by atoms with Gasteiger partial charge in [-0.05, 0) is 36.1 Å². The van der Waals surface area contributed by atoms with Crippen LogP contribution in [0.2, 0.25) is 0 Å². The molecule has 1 rings (SSSR count). The largest absolute Gasteiger partial charge is 0.493 e. The Balaban J connectivity index is 0.000000626. The lowest BCUT2D eigenvalue weighted by Crippen LogP contribution is -2.17. The molecule has 1 aromatic rings. The van der Waals surface area contributed by atoms with Crippen molar-refractivity contribution in [3.8, 4) is 11.5 Å². The third-order valence-corrected chi connectivity index (χ3v) is 3.08. The standard InChI is InChI=1S/C13H21NO2.C2H2O4/c1-9(2)11(8-14)10-5-6-12(15-3)13(7-10)16-4;3-1(4)2(5)6/h5-7,9,11H,8,14H2,1-4H3;(H,3,4)(H,5,6). The number of hydrogen-bond acceptors (Lipinski definition) is 5. The summed E-state index contributed by atoms with van der Waals surface area (Å²) in [5, 5.41) is 14.8. The highest BCUT2D eigenvalue weighted by Gasteiger charge is 2.16. The van der Waals surface area contributed by atoms with E-state index in [1.165, 1.54) is 5.56 Å². The van der Waals surface area contributed by atoms with Crippen LogP contribution in [0.4, 0.5) is 0 Å². The summed E-state index contributed by atoms with van der Waals surface area (Å²) >= 11 is 0. The first-order chi connectivity index (χ1) is 10.3. The highest BCUT2D eigenvalue weighted by molar-refractivity contribution is 6.27. The number of rotatable bonds is 5. The van der Waals surface area contributed by atoms with Crippen LogP contribution in [0.15, 0.2) is 18.2 Å². The summed E-state index contributed by atoms with van der Waals surface area (Å²) in [5.74, 6) is -1.25. The van der Waals surface area contributed by atoms with Gasteiger partial charge in [-0.2, -0.15) is 0 Å². The fraction of sp³-hybridized carbons (Fsp3) is 0.467. The molecule has 0 spiro atoms. The van der Waals surface area contributed by atoms with Gasteiger partial charge in [0.15, 0.2) is 11.5 Å². The van der Waals surface area contributed by atoms with Crippen LogP contribution in [-0.4, -0.2) is 42.9 Å². The maximum Gasteiger partial charge on any atom is 0.414 e. The lowest BCUT2D eigenvalue weighted by Gasteiger charge is -2.20. The number of benzene rings is 1. The molecule has 0 saturated carbocycles. The Hall–Kier alpha value is -2.28. The number of nitrogens with two attached hydrogens (primary N) is 1. The highest BCUT2D eigenvalue weighted by atomic mass is 16.5. The van der Waals surface area contributed by atoms with E-state index in [-0.39, 0.29) is 0 Å². The zero-order chi connectivity index (χ0) is 17.3. The number of methoxy groups -OCH3 is 2. The van der Waals surface area contributed by atoms with E-state index in [2.05, 4.69) is 19.9 Å². The van der Waals surface area contributed by atoms with Gasteiger partial charge < -0.3 is 25.4 Å². The van der Waals surface area contributed by atoms with Crippen LogP contribution in [0, 0.1) is 5.92 Å². The van der Waals surface area contributed by atoms with Gasteiger partial charge in [0.1, 0.15) is 0 Å². The molecule has 1 unspecified atom stereocenters. The number of ether oxygens (including phenoxy) is 2. The molecule has 0 bridgehead atoms. The Morgan fingerprint density at radius 3 is 1.91 bits per heavy atom. The van der Waals surface area contributed by atoms with Gasteiger partial charge >= 0.3 is 11.9 Å². The average Bonchev–Trinajstić information content (AvgIpc) is 2.47. The van der Waals surface area contributed by atoms with Gasteiger partial charge in [0.2, 0.25) is 0 Å². The third kappa shape index (κ3) is 6.01. The molecule has 0 aromatic heterocycles. The molecule has 0 heterocycles. The molecule has 0 fully saturated rings. The van der Waals surface area contributed by atoms with Gasteiger partial charge in [-0.15, -0.1) is 0 Å². The molecule has 0 aliphatic carbocycles. The van der Waals surface area contributed by atoms with E-state index in [0.717, 1.165) is 11.5 Å². The first-order valence-corrected chi connectivity index (χ1v) is 6.66. The van der Waals surface area contributed by atoms with E-state index in [1.54, 1.807) is 14.2 Å². The van der Waals surface area contributed by atoms with Crippen LogP contribution < -0.4 is 15.2 Å². The second-order valence-electron chi connectivity index (χ2n) is 4.81. The Morgan fingerprint density at radius 1 is 1.09 bits per heavy atom. The topological polar surface area (TPSA) is 119 Å². The van der Waals surface area contributed by atoms with Crippen molar-refractivity contribution < 1.29 is 29.3 Å². The quantitative estimate of drug-likeness (QED) is 0.706. The molecule has 1 aromatic carbocycles. The van der Waals surface area contributed by atoms with Gasteiger partial charge in [-0.3, -0.25) is 0 Å². The molecule has 0 amide bonds. The maximum atomic E-state index is 9.10. The van der Waals surface area contributed by atoms with Crippen LogP contribution in [-0.2, 0) is 9.59 Å². The van der Waals surface area contributed by atoms with Crippen molar-refractivity contribution in [1.82, 2.24) is 0 Å². The summed E-state index contributed by atoms with van der Waals surface area (Å²) in [6, 6.07) is 5.99. The number of carboxylic acids is 2. The van der Waals surface area contributed by atoms with Crippen LogP contribution in [0.5, 0.6) is 11.5 Å². The first-order valence-electron chi connectivity index (χ1n) is 6.66. The normalized spacial score (nSPS) is 11.2. The molecule has 0 aliphatic rings. The van der Waals surface area contributed by atoms with Gasteiger partial charge in [0.05, 0.1) is 14.2 Å². The van der Waals surface area contributed by atoms with E-state index in [1.807, 2.05) is 12.1 Å². The fourth-order valence-corrected chi connectivity index (χ4v) is 1.88. The van der Waals surface area contributed by atoms with Crippen molar-refractivity contribution in [3.63, 3.8) is 0 Å². The summed E-state index contributed by atoms with van der Waals surface area (Å²) in [7, 11) is 3.29. The molecule has 7 nitrogen and oxygen atoms in total. The Kier molecular flexibility index (Phi) is 8.62. The Bertz CT molecular complexity index is 489. The van der Waals surface area contributed by atoms with Crippen molar-refractivity contribution >= 4 is 11.9 Å². The number of aliphatic carboxylic acids is 2. The van der Waals surface area contributed by atoms with Gasteiger partial charge in [0.25, 0.3) is 0 Å². The molecule has 0 radical (unpaired) electrons. The van der Waals surface area contributed by atoms with Crippen LogP contribution in [0.1, 0.15) is 25.3 Å². The summed E-state index contributed by atoms with van der Waals surface area (Å²) in [6.07, 6.45) is 0. The van der Waals surface area contributed by atoms with Crippen LogP contribution in [0.25, 0.3) is 0 Å². The lowest BCUT2D eigenvalue weighted by atomic mass is 9.88. The van der Waals surface area contributed by atoms with E-state index in [0.29, 0.717) is 18.4 Å². The van der Waals surface area contributed by atoms with Gasteiger partial charge in [0, 0.05) is 0 Å². The number of carbonyl (C=O) groups is 2. The minimum Gasteiger partial charge on any atom is -0.493 e. The molecule has 22 heavy (non-hydrogen) atoms. The Morgan fingerprint density at radius 2 is 1.59 bits per heavy atom. The average molecular weight is 313 g/mol. The van der Waals surface area contributed by atoms with E-state index in [9.17, 15) is 0 Å². The smallest absolute Gasteiger partial charge is 0.414 e. The van der Waals surface area contributed by atoms with Crippen molar-refractivity contribution in [3.05, 3.63) is 23.8 Å². The monoisotopic (exact) mass is 313 g/mol. The maximum absolute atomic E-state index is 9.10. The summed E-state index contributed by atoms with van der Waals surface area (Å²) in [6.45, 7) is 5.00. The predicted octanol–water partition coefficient (Wildman–Crippen LogP) is 1.56. The van der Waals surface area contributed by atoms with E-state index >= 15 is 0 Å². The number of hydrogen-bond donors (Lipinski definition) is 3. The third-order valence-electron chi connectivity index (χ3n) is 3.08. The number of carboxylic acid groups (broad SMARTS) is 2. The molecular weight excluding hydrogens is 290 g/mol. The van der Waals surface area contributed by atoms with E-state index < -0.39 is 11.9 Å². The SMILES string of the molecule is COc1ccc(C(CN)C(C)C)cc1OC.O=C(O)C(=O)O.